The number of carbonyl (C=O) groups is 1. The van der Waals surface area contributed by atoms with E-state index in [0.29, 0.717) is 28.2 Å². The number of aromatic nitrogens is 4. The minimum atomic E-state index is -0.775. The van der Waals surface area contributed by atoms with Crippen molar-refractivity contribution in [2.75, 3.05) is 11.9 Å². The van der Waals surface area contributed by atoms with Crippen LogP contribution in [0.2, 0.25) is 5.02 Å². The van der Waals surface area contributed by atoms with Gasteiger partial charge in [-0.2, -0.15) is 0 Å². The third kappa shape index (κ3) is 3.37. The van der Waals surface area contributed by atoms with E-state index in [-0.39, 0.29) is 18.3 Å². The Hall–Kier alpha value is -2.59. The van der Waals surface area contributed by atoms with E-state index in [1.807, 2.05) is 0 Å². The van der Waals surface area contributed by atoms with E-state index in [1.54, 1.807) is 28.8 Å². The maximum atomic E-state index is 12.4. The Labute approximate surface area is 158 Å². The largest absolute Gasteiger partial charge is 0.394 e. The number of carbonyl (C=O) groups excluding carboxylic acids is 1. The zero-order valence-electron chi connectivity index (χ0n) is 14.0. The van der Waals surface area contributed by atoms with Gasteiger partial charge in [0.15, 0.2) is 17.0 Å². The van der Waals surface area contributed by atoms with Gasteiger partial charge in [0.25, 0.3) is 5.91 Å². The molecule has 0 radical (unpaired) electrons. The van der Waals surface area contributed by atoms with Gasteiger partial charge in [-0.25, -0.2) is 15.0 Å². The SMILES string of the molecule is O=C(Nc1ncnc2c1ncn2[C@H]1C[C@H](O)[C@@H](CO)O1)c1ccc(Cl)cc1. The van der Waals surface area contributed by atoms with E-state index in [4.69, 9.17) is 16.3 Å². The monoisotopic (exact) mass is 389 g/mol. The van der Waals surface area contributed by atoms with Gasteiger partial charge >= 0.3 is 0 Å². The number of aliphatic hydroxyl groups excluding tert-OH is 2. The number of benzene rings is 1. The van der Waals surface area contributed by atoms with E-state index in [0.717, 1.165) is 0 Å². The second-order valence-corrected chi connectivity index (χ2v) is 6.56. The number of anilines is 1. The number of amides is 1. The second-order valence-electron chi connectivity index (χ2n) is 6.12. The Balaban J connectivity index is 1.61. The van der Waals surface area contributed by atoms with Crippen molar-refractivity contribution in [1.29, 1.82) is 0 Å². The fourth-order valence-electron chi connectivity index (χ4n) is 2.99. The first-order chi connectivity index (χ1) is 13.1. The van der Waals surface area contributed by atoms with Crippen LogP contribution in [0.4, 0.5) is 5.82 Å². The third-order valence-electron chi connectivity index (χ3n) is 4.39. The van der Waals surface area contributed by atoms with Crippen LogP contribution in [0.15, 0.2) is 36.9 Å². The molecule has 0 spiro atoms. The maximum Gasteiger partial charge on any atom is 0.256 e. The van der Waals surface area contributed by atoms with Gasteiger partial charge in [-0.15, -0.1) is 0 Å². The van der Waals surface area contributed by atoms with Crippen LogP contribution in [0.25, 0.3) is 11.2 Å². The van der Waals surface area contributed by atoms with Crippen molar-refractivity contribution in [3.05, 3.63) is 47.5 Å². The second kappa shape index (κ2) is 7.20. The van der Waals surface area contributed by atoms with Crippen LogP contribution in [-0.2, 0) is 4.74 Å². The number of rotatable bonds is 4. The van der Waals surface area contributed by atoms with Crippen LogP contribution in [0.5, 0.6) is 0 Å². The van der Waals surface area contributed by atoms with Gasteiger partial charge in [0, 0.05) is 17.0 Å². The molecule has 0 unspecified atom stereocenters. The Morgan fingerprint density at radius 2 is 2.07 bits per heavy atom. The molecule has 10 heteroatoms. The number of hydrogen-bond donors (Lipinski definition) is 3. The van der Waals surface area contributed by atoms with Crippen molar-refractivity contribution < 1.29 is 19.7 Å². The molecule has 3 heterocycles. The Morgan fingerprint density at radius 1 is 1.30 bits per heavy atom. The quantitative estimate of drug-likeness (QED) is 0.615. The summed E-state index contributed by atoms with van der Waals surface area (Å²) in [6.45, 7) is -0.276. The molecule has 27 heavy (non-hydrogen) atoms. The lowest BCUT2D eigenvalue weighted by atomic mass is 10.2. The molecule has 1 saturated heterocycles. The predicted octanol–water partition coefficient (Wildman–Crippen LogP) is 1.37. The molecule has 2 aromatic heterocycles. The lowest BCUT2D eigenvalue weighted by Gasteiger charge is -2.13. The van der Waals surface area contributed by atoms with Crippen molar-refractivity contribution in [3.8, 4) is 0 Å². The first kappa shape index (κ1) is 17.8. The van der Waals surface area contributed by atoms with Gasteiger partial charge < -0.3 is 20.3 Å². The van der Waals surface area contributed by atoms with E-state index in [9.17, 15) is 15.0 Å². The van der Waals surface area contributed by atoms with Crippen LogP contribution in [0, 0.1) is 0 Å². The van der Waals surface area contributed by atoms with Crippen LogP contribution >= 0.6 is 11.6 Å². The normalized spacial score (nSPS) is 22.3. The summed E-state index contributed by atoms with van der Waals surface area (Å²) in [6.07, 6.45) is 1.17. The van der Waals surface area contributed by atoms with Crippen LogP contribution < -0.4 is 5.32 Å². The maximum absolute atomic E-state index is 12.4. The first-order valence-electron chi connectivity index (χ1n) is 8.25. The molecule has 1 aliphatic heterocycles. The third-order valence-corrected chi connectivity index (χ3v) is 4.64. The summed E-state index contributed by atoms with van der Waals surface area (Å²) >= 11 is 5.84. The van der Waals surface area contributed by atoms with Crippen molar-refractivity contribution in [1.82, 2.24) is 19.5 Å². The van der Waals surface area contributed by atoms with Gasteiger partial charge in [0.1, 0.15) is 18.7 Å². The molecular formula is C17H16ClN5O4. The van der Waals surface area contributed by atoms with Crippen LogP contribution in [0.3, 0.4) is 0 Å². The zero-order chi connectivity index (χ0) is 19.0. The number of hydrogen-bond acceptors (Lipinski definition) is 7. The van der Waals surface area contributed by atoms with Crippen molar-refractivity contribution >= 4 is 34.5 Å². The molecule has 0 saturated carbocycles. The molecular weight excluding hydrogens is 374 g/mol. The number of nitrogens with one attached hydrogen (secondary N) is 1. The highest BCUT2D eigenvalue weighted by Crippen LogP contribution is 2.31. The molecule has 1 aromatic carbocycles. The van der Waals surface area contributed by atoms with Crippen LogP contribution in [0.1, 0.15) is 23.0 Å². The number of nitrogens with zero attached hydrogens (tertiary/aromatic N) is 4. The number of fused-ring (bicyclic) bond motifs is 1. The predicted molar refractivity (Wildman–Crippen MR) is 96.3 cm³/mol. The van der Waals surface area contributed by atoms with Gasteiger partial charge in [-0.1, -0.05) is 11.6 Å². The minimum absolute atomic E-state index is 0.260. The number of ether oxygens (including phenoxy) is 1. The molecule has 140 valence electrons. The minimum Gasteiger partial charge on any atom is -0.394 e. The average molecular weight is 390 g/mol. The summed E-state index contributed by atoms with van der Waals surface area (Å²) in [4.78, 5) is 25.0. The summed E-state index contributed by atoms with van der Waals surface area (Å²) in [5.41, 5.74) is 1.27. The zero-order valence-corrected chi connectivity index (χ0v) is 14.7. The summed E-state index contributed by atoms with van der Waals surface area (Å²) in [5, 5.41) is 22.4. The smallest absolute Gasteiger partial charge is 0.256 e. The molecule has 1 fully saturated rings. The van der Waals surface area contributed by atoms with Crippen LogP contribution in [-0.4, -0.2) is 54.5 Å². The molecule has 3 N–H and O–H groups in total. The van der Waals surface area contributed by atoms with Gasteiger partial charge in [0.2, 0.25) is 0 Å². The molecule has 9 nitrogen and oxygen atoms in total. The fourth-order valence-corrected chi connectivity index (χ4v) is 3.11. The first-order valence-corrected chi connectivity index (χ1v) is 8.63. The summed E-state index contributed by atoms with van der Waals surface area (Å²) < 4.78 is 7.29. The molecule has 4 rings (SSSR count). The van der Waals surface area contributed by atoms with E-state index < -0.39 is 18.4 Å². The Kier molecular flexibility index (Phi) is 4.75. The highest BCUT2D eigenvalue weighted by molar-refractivity contribution is 6.30. The summed E-state index contributed by atoms with van der Waals surface area (Å²) in [7, 11) is 0. The van der Waals surface area contributed by atoms with E-state index >= 15 is 0 Å². The van der Waals surface area contributed by atoms with Crippen molar-refractivity contribution in [2.24, 2.45) is 0 Å². The number of halogens is 1. The summed E-state index contributed by atoms with van der Waals surface area (Å²) in [5.74, 6) is -0.0925. The van der Waals surface area contributed by atoms with E-state index in [1.165, 1.54) is 12.7 Å². The topological polar surface area (TPSA) is 122 Å². The Morgan fingerprint density at radius 3 is 2.78 bits per heavy atom. The highest BCUT2D eigenvalue weighted by atomic mass is 35.5. The lowest BCUT2D eigenvalue weighted by Crippen LogP contribution is -2.24. The molecule has 0 aliphatic carbocycles. The highest BCUT2D eigenvalue weighted by Gasteiger charge is 2.35. The molecule has 3 aromatic rings. The van der Waals surface area contributed by atoms with Crippen molar-refractivity contribution in [3.63, 3.8) is 0 Å². The lowest BCUT2D eigenvalue weighted by molar-refractivity contribution is -0.0432. The fraction of sp³-hybridized carbons (Fsp3) is 0.294. The van der Waals surface area contributed by atoms with Gasteiger partial charge in [0.05, 0.1) is 19.0 Å². The van der Waals surface area contributed by atoms with Crippen molar-refractivity contribution in [2.45, 2.75) is 24.9 Å². The number of aliphatic hydroxyl groups is 2. The van der Waals surface area contributed by atoms with Gasteiger partial charge in [-0.05, 0) is 24.3 Å². The average Bonchev–Trinajstić information content (AvgIpc) is 3.26. The van der Waals surface area contributed by atoms with E-state index in [2.05, 4.69) is 20.3 Å². The summed E-state index contributed by atoms with van der Waals surface area (Å²) in [6, 6.07) is 6.47. The van der Waals surface area contributed by atoms with Gasteiger partial charge in [-0.3, -0.25) is 9.36 Å². The number of imidazole rings is 1. The molecule has 1 aliphatic rings. The standard InChI is InChI=1S/C17H16ClN5O4/c18-10-3-1-9(2-4-10)17(26)22-15-14-16(20-7-19-15)23(8-21-14)13-5-11(25)12(6-24)27-13/h1-4,7-8,11-13,24-25H,5-6H2,(H,19,20,22,26)/t11-,12+,13+/m0/s1. The Bertz CT molecular complexity index is 977. The molecule has 1 amide bonds. The molecule has 0 bridgehead atoms. The molecule has 3 atom stereocenters.